The normalized spacial score (nSPS) is 17.6. The maximum Gasteiger partial charge on any atom is 0.146 e. The number of fused-ring (bicyclic) bond motifs is 1. The van der Waals surface area contributed by atoms with E-state index in [-0.39, 0.29) is 11.7 Å². The number of halogens is 1. The summed E-state index contributed by atoms with van der Waals surface area (Å²) in [7, 11) is 0. The number of nitrogens with zero attached hydrogens (tertiary/aromatic N) is 1. The van der Waals surface area contributed by atoms with E-state index in [0.717, 1.165) is 17.7 Å². The van der Waals surface area contributed by atoms with Crippen LogP contribution in [0.1, 0.15) is 22.6 Å². The second kappa shape index (κ2) is 5.73. The van der Waals surface area contributed by atoms with Gasteiger partial charge in [-0.15, -0.1) is 0 Å². The van der Waals surface area contributed by atoms with Crippen LogP contribution < -0.4 is 5.32 Å². The van der Waals surface area contributed by atoms with Gasteiger partial charge in [0.15, 0.2) is 0 Å². The first kappa shape index (κ1) is 13.3. The molecule has 0 amide bonds. The summed E-state index contributed by atoms with van der Waals surface area (Å²) in [5, 5.41) is 3.86. The van der Waals surface area contributed by atoms with E-state index in [4.69, 9.17) is 11.6 Å². The molecule has 2 aromatic rings. The van der Waals surface area contributed by atoms with E-state index in [0.29, 0.717) is 18.0 Å². The van der Waals surface area contributed by atoms with E-state index >= 15 is 0 Å². The molecule has 0 fully saturated rings. The minimum atomic E-state index is -0.0934. The molecular formula is C16H15ClN2O. The molecule has 0 saturated heterocycles. The first-order chi connectivity index (χ1) is 9.75. The van der Waals surface area contributed by atoms with Crippen LogP contribution in [0.2, 0.25) is 5.02 Å². The summed E-state index contributed by atoms with van der Waals surface area (Å²) >= 11 is 6.08. The zero-order valence-electron chi connectivity index (χ0n) is 11.0. The number of pyridine rings is 1. The van der Waals surface area contributed by atoms with Gasteiger partial charge in [-0.1, -0.05) is 35.9 Å². The van der Waals surface area contributed by atoms with Crippen LogP contribution in [0.5, 0.6) is 0 Å². The summed E-state index contributed by atoms with van der Waals surface area (Å²) in [6.07, 6.45) is 3.60. The van der Waals surface area contributed by atoms with Gasteiger partial charge in [-0.3, -0.25) is 9.78 Å². The standard InChI is InChI=1S/C16H15ClN2O/c17-15-10-18-6-5-11(15)7-16(20)14-9-19-8-12-3-1-2-4-13(12)14/h1-6,10,14,19H,7-9H2. The number of Topliss-reactive ketones (excluding diaryl/α,β-unsaturated/α-hetero) is 1. The Labute approximate surface area is 123 Å². The fraction of sp³-hybridized carbons (Fsp3) is 0.250. The summed E-state index contributed by atoms with van der Waals surface area (Å²) in [6, 6.07) is 9.92. The van der Waals surface area contributed by atoms with Crippen molar-refractivity contribution in [2.24, 2.45) is 0 Å². The number of hydrogen-bond donors (Lipinski definition) is 1. The van der Waals surface area contributed by atoms with Gasteiger partial charge in [0.05, 0.1) is 10.9 Å². The predicted molar refractivity (Wildman–Crippen MR) is 78.8 cm³/mol. The Bertz CT molecular complexity index is 642. The molecule has 3 rings (SSSR count). The lowest BCUT2D eigenvalue weighted by molar-refractivity contribution is -0.119. The number of ketones is 1. The fourth-order valence-corrected chi connectivity index (χ4v) is 2.83. The summed E-state index contributed by atoms with van der Waals surface area (Å²) in [5.41, 5.74) is 3.19. The smallest absolute Gasteiger partial charge is 0.146 e. The van der Waals surface area contributed by atoms with E-state index in [2.05, 4.69) is 16.4 Å². The minimum Gasteiger partial charge on any atom is -0.312 e. The highest BCUT2D eigenvalue weighted by Gasteiger charge is 2.26. The molecule has 20 heavy (non-hydrogen) atoms. The molecule has 1 aliphatic rings. The molecule has 0 spiro atoms. The summed E-state index contributed by atoms with van der Waals surface area (Å²) in [5.74, 6) is 0.0990. The molecule has 1 atom stereocenters. The average Bonchev–Trinajstić information content (AvgIpc) is 2.49. The number of nitrogens with one attached hydrogen (secondary N) is 1. The SMILES string of the molecule is O=C(Cc1ccncc1Cl)C1CNCc2ccccc21. The maximum atomic E-state index is 12.6. The monoisotopic (exact) mass is 286 g/mol. The summed E-state index contributed by atoms with van der Waals surface area (Å²) in [4.78, 5) is 16.5. The van der Waals surface area contributed by atoms with Crippen LogP contribution in [0, 0.1) is 0 Å². The number of rotatable bonds is 3. The van der Waals surface area contributed by atoms with Crippen LogP contribution in [0.25, 0.3) is 0 Å². The zero-order valence-corrected chi connectivity index (χ0v) is 11.7. The summed E-state index contributed by atoms with van der Waals surface area (Å²) in [6.45, 7) is 1.52. The van der Waals surface area contributed by atoms with E-state index < -0.39 is 0 Å². The van der Waals surface area contributed by atoms with Gasteiger partial charge in [0.2, 0.25) is 0 Å². The highest BCUT2D eigenvalue weighted by Crippen LogP contribution is 2.26. The highest BCUT2D eigenvalue weighted by molar-refractivity contribution is 6.31. The topological polar surface area (TPSA) is 42.0 Å². The third-order valence-electron chi connectivity index (χ3n) is 3.70. The largest absolute Gasteiger partial charge is 0.312 e. The van der Waals surface area contributed by atoms with Gasteiger partial charge in [0, 0.05) is 31.9 Å². The van der Waals surface area contributed by atoms with Gasteiger partial charge in [-0.25, -0.2) is 0 Å². The van der Waals surface area contributed by atoms with Crippen molar-refractivity contribution in [2.45, 2.75) is 18.9 Å². The molecule has 1 aliphatic heterocycles. The van der Waals surface area contributed by atoms with Crippen molar-refractivity contribution in [3.63, 3.8) is 0 Å². The first-order valence-corrected chi connectivity index (χ1v) is 7.03. The van der Waals surface area contributed by atoms with Crippen molar-refractivity contribution >= 4 is 17.4 Å². The Kier molecular flexibility index (Phi) is 3.81. The van der Waals surface area contributed by atoms with Crippen molar-refractivity contribution < 1.29 is 4.79 Å². The van der Waals surface area contributed by atoms with Crippen molar-refractivity contribution in [3.8, 4) is 0 Å². The Morgan fingerprint density at radius 3 is 3.05 bits per heavy atom. The lowest BCUT2D eigenvalue weighted by Gasteiger charge is -2.25. The zero-order chi connectivity index (χ0) is 13.9. The first-order valence-electron chi connectivity index (χ1n) is 6.65. The lowest BCUT2D eigenvalue weighted by atomic mass is 9.86. The molecule has 0 aliphatic carbocycles. The van der Waals surface area contributed by atoms with Gasteiger partial charge in [-0.05, 0) is 22.8 Å². The van der Waals surface area contributed by atoms with Crippen LogP contribution >= 0.6 is 11.6 Å². The van der Waals surface area contributed by atoms with Crippen LogP contribution in [0.4, 0.5) is 0 Å². The molecule has 2 heterocycles. The molecule has 102 valence electrons. The van der Waals surface area contributed by atoms with Crippen molar-refractivity contribution in [2.75, 3.05) is 6.54 Å². The van der Waals surface area contributed by atoms with Crippen molar-refractivity contribution in [3.05, 3.63) is 64.4 Å². The van der Waals surface area contributed by atoms with Gasteiger partial charge in [0.1, 0.15) is 5.78 Å². The summed E-state index contributed by atoms with van der Waals surface area (Å²) < 4.78 is 0. The van der Waals surface area contributed by atoms with E-state index in [1.54, 1.807) is 12.4 Å². The molecule has 1 aromatic heterocycles. The molecule has 0 radical (unpaired) electrons. The second-order valence-electron chi connectivity index (χ2n) is 4.99. The molecule has 0 saturated carbocycles. The molecule has 1 unspecified atom stereocenters. The quantitative estimate of drug-likeness (QED) is 0.943. The van der Waals surface area contributed by atoms with Gasteiger partial charge >= 0.3 is 0 Å². The molecule has 1 aromatic carbocycles. The molecule has 4 heteroatoms. The predicted octanol–water partition coefficient (Wildman–Crippen LogP) is 2.73. The van der Waals surface area contributed by atoms with E-state index in [9.17, 15) is 4.79 Å². The number of carbonyl (C=O) groups excluding carboxylic acids is 1. The molecule has 3 nitrogen and oxygen atoms in total. The van der Waals surface area contributed by atoms with Crippen LogP contribution in [0.15, 0.2) is 42.7 Å². The maximum absolute atomic E-state index is 12.6. The van der Waals surface area contributed by atoms with Gasteiger partial charge in [0.25, 0.3) is 0 Å². The molecule has 0 bridgehead atoms. The number of carbonyl (C=O) groups is 1. The number of aromatic nitrogens is 1. The highest BCUT2D eigenvalue weighted by atomic mass is 35.5. The fourth-order valence-electron chi connectivity index (χ4n) is 2.64. The van der Waals surface area contributed by atoms with Crippen LogP contribution in [0.3, 0.4) is 0 Å². The van der Waals surface area contributed by atoms with Gasteiger partial charge in [-0.2, -0.15) is 0 Å². The van der Waals surface area contributed by atoms with Crippen molar-refractivity contribution in [1.29, 1.82) is 0 Å². The van der Waals surface area contributed by atoms with E-state index in [1.165, 1.54) is 5.56 Å². The number of hydrogen-bond acceptors (Lipinski definition) is 3. The van der Waals surface area contributed by atoms with Crippen LogP contribution in [-0.4, -0.2) is 17.3 Å². The Hall–Kier alpha value is -1.71. The molecule has 1 N–H and O–H groups in total. The minimum absolute atomic E-state index is 0.0934. The van der Waals surface area contributed by atoms with Gasteiger partial charge < -0.3 is 5.32 Å². The lowest BCUT2D eigenvalue weighted by Crippen LogP contribution is -2.33. The second-order valence-corrected chi connectivity index (χ2v) is 5.40. The Morgan fingerprint density at radius 1 is 1.35 bits per heavy atom. The third kappa shape index (κ3) is 2.60. The van der Waals surface area contributed by atoms with Crippen LogP contribution in [-0.2, 0) is 17.8 Å². The number of benzene rings is 1. The molecular weight excluding hydrogens is 272 g/mol. The average molecular weight is 287 g/mol. The Morgan fingerprint density at radius 2 is 2.20 bits per heavy atom. The third-order valence-corrected chi connectivity index (χ3v) is 4.04. The van der Waals surface area contributed by atoms with Crippen molar-refractivity contribution in [1.82, 2.24) is 10.3 Å². The van der Waals surface area contributed by atoms with E-state index in [1.807, 2.05) is 24.3 Å². The Balaban J connectivity index is 1.84.